The zero-order valence-electron chi connectivity index (χ0n) is 8.57. The van der Waals surface area contributed by atoms with Gasteiger partial charge in [-0.05, 0) is 34.0 Å². The fourth-order valence-corrected chi connectivity index (χ4v) is 2.37. The minimum atomic E-state index is -2.82. The third-order valence-corrected chi connectivity index (χ3v) is 3.33. The Morgan fingerprint density at radius 1 is 1.53 bits per heavy atom. The smallest absolute Gasteiger partial charge is 0.310 e. The van der Waals surface area contributed by atoms with Crippen molar-refractivity contribution in [3.63, 3.8) is 0 Å². The number of ether oxygens (including phenoxy) is 1. The van der Waals surface area contributed by atoms with Gasteiger partial charge < -0.3 is 9.84 Å². The van der Waals surface area contributed by atoms with E-state index in [-0.39, 0.29) is 6.42 Å². The molecule has 0 amide bonds. The van der Waals surface area contributed by atoms with E-state index in [4.69, 9.17) is 9.84 Å². The van der Waals surface area contributed by atoms with E-state index >= 15 is 0 Å². The second-order valence-electron chi connectivity index (χ2n) is 3.79. The Kier molecular flexibility index (Phi) is 3.33. The first-order valence-corrected chi connectivity index (χ1v) is 5.75. The van der Waals surface area contributed by atoms with Crippen molar-refractivity contribution in [2.45, 2.75) is 19.0 Å². The van der Waals surface area contributed by atoms with Gasteiger partial charge in [-0.2, -0.15) is 0 Å². The summed E-state index contributed by atoms with van der Waals surface area (Å²) in [5, 5.41) is 8.93. The second kappa shape index (κ2) is 4.60. The van der Waals surface area contributed by atoms with Crippen LogP contribution in [0.3, 0.4) is 0 Å². The number of carboxylic acid groups (broad SMARTS) is 1. The first-order valence-electron chi connectivity index (χ1n) is 4.95. The van der Waals surface area contributed by atoms with E-state index in [0.717, 1.165) is 0 Å². The predicted octanol–water partition coefficient (Wildman–Crippen LogP) is 2.72. The molecule has 0 fully saturated rings. The van der Waals surface area contributed by atoms with Gasteiger partial charge >= 0.3 is 5.97 Å². The van der Waals surface area contributed by atoms with Crippen LogP contribution in [0.1, 0.15) is 5.56 Å². The molecule has 2 unspecified atom stereocenters. The Morgan fingerprint density at radius 3 is 2.82 bits per heavy atom. The van der Waals surface area contributed by atoms with E-state index < -0.39 is 24.4 Å². The molecule has 17 heavy (non-hydrogen) atoms. The number of rotatable bonds is 2. The van der Waals surface area contributed by atoms with Crippen molar-refractivity contribution in [3.05, 3.63) is 28.2 Å². The van der Waals surface area contributed by atoms with Gasteiger partial charge in [0.25, 0.3) is 6.43 Å². The van der Waals surface area contributed by atoms with Crippen molar-refractivity contribution in [1.82, 2.24) is 0 Å². The van der Waals surface area contributed by atoms with Crippen LogP contribution in [0.4, 0.5) is 8.78 Å². The van der Waals surface area contributed by atoms with Crippen LogP contribution in [0.15, 0.2) is 22.7 Å². The summed E-state index contributed by atoms with van der Waals surface area (Å²) in [7, 11) is 0. The van der Waals surface area contributed by atoms with Crippen LogP contribution in [-0.4, -0.2) is 23.6 Å². The number of fused-ring (bicyclic) bond motifs is 1. The molecule has 3 nitrogen and oxygen atoms in total. The molecule has 0 saturated carbocycles. The van der Waals surface area contributed by atoms with Gasteiger partial charge in [0, 0.05) is 0 Å². The van der Waals surface area contributed by atoms with Crippen LogP contribution >= 0.6 is 15.9 Å². The number of carboxylic acids is 1. The monoisotopic (exact) mass is 306 g/mol. The number of hydrogen-bond acceptors (Lipinski definition) is 2. The summed E-state index contributed by atoms with van der Waals surface area (Å²) in [6.45, 7) is 0. The average Bonchev–Trinajstić information content (AvgIpc) is 2.27. The molecular weight excluding hydrogens is 298 g/mol. The first-order chi connectivity index (χ1) is 8.00. The van der Waals surface area contributed by atoms with Gasteiger partial charge in [0.15, 0.2) is 6.10 Å². The quantitative estimate of drug-likeness (QED) is 0.914. The van der Waals surface area contributed by atoms with Crippen molar-refractivity contribution < 1.29 is 23.4 Å². The van der Waals surface area contributed by atoms with Crippen LogP contribution < -0.4 is 4.74 Å². The van der Waals surface area contributed by atoms with E-state index in [9.17, 15) is 13.6 Å². The lowest BCUT2D eigenvalue weighted by Gasteiger charge is -2.31. The lowest BCUT2D eigenvalue weighted by atomic mass is 9.91. The highest BCUT2D eigenvalue weighted by atomic mass is 79.9. The molecule has 6 heteroatoms. The number of hydrogen-bond donors (Lipinski definition) is 1. The predicted molar refractivity (Wildman–Crippen MR) is 59.4 cm³/mol. The van der Waals surface area contributed by atoms with Gasteiger partial charge in [-0.3, -0.25) is 4.79 Å². The summed E-state index contributed by atoms with van der Waals surface area (Å²) < 4.78 is 31.2. The van der Waals surface area contributed by atoms with Crippen LogP contribution in [0.25, 0.3) is 0 Å². The summed E-state index contributed by atoms with van der Waals surface area (Å²) in [5.74, 6) is -2.16. The van der Waals surface area contributed by atoms with Gasteiger partial charge in [0.05, 0.1) is 4.47 Å². The van der Waals surface area contributed by atoms with Gasteiger partial charge in [0.2, 0.25) is 0 Å². The van der Waals surface area contributed by atoms with E-state index in [1.54, 1.807) is 18.2 Å². The Hall–Kier alpha value is -1.17. The minimum Gasteiger partial charge on any atom is -0.482 e. The molecule has 0 spiro atoms. The lowest BCUT2D eigenvalue weighted by molar-refractivity contribution is -0.150. The standard InChI is InChI=1S/C11H9BrF2O3/c12-7-3-1-2-5-4-6(11(15)16)9(10(13)14)17-8(5)7/h1-3,6,9-10H,4H2,(H,15,16). The SMILES string of the molecule is O=C(O)C1Cc2cccc(Br)c2OC1C(F)F. The number of para-hydroxylation sites is 1. The third kappa shape index (κ3) is 2.26. The average molecular weight is 307 g/mol. The molecule has 1 aromatic carbocycles. The second-order valence-corrected chi connectivity index (χ2v) is 4.65. The minimum absolute atomic E-state index is 0.0547. The largest absolute Gasteiger partial charge is 0.482 e. The lowest BCUT2D eigenvalue weighted by Crippen LogP contribution is -2.42. The number of aliphatic carboxylic acids is 1. The van der Waals surface area contributed by atoms with E-state index in [1.807, 2.05) is 0 Å². The molecule has 1 aromatic rings. The van der Waals surface area contributed by atoms with Gasteiger partial charge in [-0.15, -0.1) is 0 Å². The van der Waals surface area contributed by atoms with Crippen LogP contribution in [0.2, 0.25) is 0 Å². The number of carbonyl (C=O) groups is 1. The summed E-state index contributed by atoms with van der Waals surface area (Å²) in [6, 6.07) is 5.06. The molecule has 0 aliphatic carbocycles. The molecule has 1 aliphatic rings. The molecule has 92 valence electrons. The normalized spacial score (nSPS) is 23.1. The van der Waals surface area contributed by atoms with Crippen molar-refractivity contribution in [2.24, 2.45) is 5.92 Å². The molecule has 2 atom stereocenters. The molecule has 1 N–H and O–H groups in total. The molecule has 0 saturated heterocycles. The van der Waals surface area contributed by atoms with Gasteiger partial charge in [-0.1, -0.05) is 12.1 Å². The van der Waals surface area contributed by atoms with Gasteiger partial charge in [0.1, 0.15) is 11.7 Å². The van der Waals surface area contributed by atoms with Gasteiger partial charge in [-0.25, -0.2) is 8.78 Å². The van der Waals surface area contributed by atoms with Crippen molar-refractivity contribution >= 4 is 21.9 Å². The molecule has 2 rings (SSSR count). The Bertz CT molecular complexity index is 450. The molecule has 0 aromatic heterocycles. The van der Waals surface area contributed by atoms with E-state index in [0.29, 0.717) is 15.8 Å². The number of halogens is 3. The highest BCUT2D eigenvalue weighted by Crippen LogP contribution is 2.38. The molecule has 1 heterocycles. The molecule has 0 bridgehead atoms. The zero-order valence-corrected chi connectivity index (χ0v) is 10.2. The third-order valence-electron chi connectivity index (χ3n) is 2.70. The molecule has 0 radical (unpaired) electrons. The van der Waals surface area contributed by atoms with Crippen molar-refractivity contribution in [1.29, 1.82) is 0 Å². The topological polar surface area (TPSA) is 46.5 Å². The number of alkyl halides is 2. The molecular formula is C11H9BrF2O3. The van der Waals surface area contributed by atoms with Crippen molar-refractivity contribution in [3.8, 4) is 5.75 Å². The highest BCUT2D eigenvalue weighted by Gasteiger charge is 2.41. The van der Waals surface area contributed by atoms with Crippen molar-refractivity contribution in [2.75, 3.05) is 0 Å². The fraction of sp³-hybridized carbons (Fsp3) is 0.364. The maximum atomic E-state index is 12.8. The molecule has 1 aliphatic heterocycles. The Morgan fingerprint density at radius 2 is 2.24 bits per heavy atom. The maximum absolute atomic E-state index is 12.8. The first kappa shape index (κ1) is 12.3. The fourth-order valence-electron chi connectivity index (χ4n) is 1.87. The van der Waals surface area contributed by atoms with Crippen LogP contribution in [0.5, 0.6) is 5.75 Å². The summed E-state index contributed by atoms with van der Waals surface area (Å²) in [5.41, 5.74) is 0.628. The van der Waals surface area contributed by atoms with E-state index in [1.165, 1.54) is 0 Å². The highest BCUT2D eigenvalue weighted by molar-refractivity contribution is 9.10. The zero-order chi connectivity index (χ0) is 12.6. The van der Waals surface area contributed by atoms with Crippen LogP contribution in [-0.2, 0) is 11.2 Å². The Balaban J connectivity index is 2.40. The summed E-state index contributed by atoms with van der Waals surface area (Å²) >= 11 is 3.20. The van der Waals surface area contributed by atoms with Crippen LogP contribution in [0, 0.1) is 5.92 Å². The summed E-state index contributed by atoms with van der Waals surface area (Å²) in [4.78, 5) is 10.9. The summed E-state index contributed by atoms with van der Waals surface area (Å²) in [6.07, 6.45) is -4.37. The van der Waals surface area contributed by atoms with E-state index in [2.05, 4.69) is 15.9 Å². The number of benzene rings is 1. The Labute approximate surface area is 105 Å². The maximum Gasteiger partial charge on any atom is 0.310 e.